The van der Waals surface area contributed by atoms with Gasteiger partial charge < -0.3 is 15.2 Å². The highest BCUT2D eigenvalue weighted by atomic mass is 35.5. The van der Waals surface area contributed by atoms with Crippen LogP contribution in [0.2, 0.25) is 0 Å². The van der Waals surface area contributed by atoms with Crippen LogP contribution in [0.15, 0.2) is 12.1 Å². The van der Waals surface area contributed by atoms with Crippen LogP contribution in [-0.2, 0) is 0 Å². The molecule has 1 aromatic rings. The zero-order valence-electron chi connectivity index (χ0n) is 9.21. The van der Waals surface area contributed by atoms with E-state index in [0.717, 1.165) is 22.6 Å². The molecule has 4 heteroatoms. The monoisotopic (exact) mass is 229 g/mol. The Morgan fingerprint density at radius 3 is 2.47 bits per heavy atom. The number of halogens is 1. The van der Waals surface area contributed by atoms with Crippen molar-refractivity contribution in [2.75, 3.05) is 20.1 Å². The largest absolute Gasteiger partial charge is 0.497 e. The van der Waals surface area contributed by atoms with Crippen LogP contribution in [0.25, 0.3) is 0 Å². The van der Waals surface area contributed by atoms with Gasteiger partial charge in [0.2, 0.25) is 0 Å². The van der Waals surface area contributed by atoms with E-state index < -0.39 is 0 Å². The zero-order chi connectivity index (χ0) is 11.4. The van der Waals surface area contributed by atoms with Crippen LogP contribution in [-0.4, -0.2) is 20.1 Å². The summed E-state index contributed by atoms with van der Waals surface area (Å²) in [7, 11) is 3.23. The molecule has 3 nitrogen and oxygen atoms in total. The predicted octanol–water partition coefficient (Wildman–Crippen LogP) is 2.25. The summed E-state index contributed by atoms with van der Waals surface area (Å²) in [6.45, 7) is 1.97. The molecule has 15 heavy (non-hydrogen) atoms. The van der Waals surface area contributed by atoms with Crippen LogP contribution in [0.5, 0.6) is 11.5 Å². The molecule has 0 fully saturated rings. The maximum Gasteiger partial charge on any atom is 0.127 e. The summed E-state index contributed by atoms with van der Waals surface area (Å²) in [5.74, 6) is 1.85. The van der Waals surface area contributed by atoms with Gasteiger partial charge in [0.15, 0.2) is 0 Å². The molecule has 0 aliphatic heterocycles. The normalized spacial score (nSPS) is 12.3. The van der Waals surface area contributed by atoms with Gasteiger partial charge in [0, 0.05) is 23.6 Å². The molecule has 0 aliphatic carbocycles. The summed E-state index contributed by atoms with van der Waals surface area (Å²) in [4.78, 5) is 0. The molecule has 2 N–H and O–H groups in total. The number of benzene rings is 1. The summed E-state index contributed by atoms with van der Waals surface area (Å²) in [5.41, 5.74) is 7.88. The maximum absolute atomic E-state index is 5.91. The number of alkyl halides is 1. The van der Waals surface area contributed by atoms with Crippen molar-refractivity contribution in [1.82, 2.24) is 0 Å². The Labute approximate surface area is 95.1 Å². The fraction of sp³-hybridized carbons (Fsp3) is 0.455. The molecular formula is C11H16ClNO2. The number of hydrogen-bond donors (Lipinski definition) is 1. The Kier molecular flexibility index (Phi) is 4.24. The molecule has 0 aromatic heterocycles. The number of rotatable bonds is 4. The first-order valence-corrected chi connectivity index (χ1v) is 5.21. The Hall–Kier alpha value is -0.930. The lowest BCUT2D eigenvalue weighted by molar-refractivity contribution is 0.388. The molecule has 0 amide bonds. The minimum atomic E-state index is -0.215. The molecule has 0 radical (unpaired) electrons. The third-order valence-corrected chi connectivity index (χ3v) is 2.65. The number of aryl methyl sites for hydroxylation is 1. The van der Waals surface area contributed by atoms with Crippen molar-refractivity contribution in [1.29, 1.82) is 0 Å². The summed E-state index contributed by atoms with van der Waals surface area (Å²) in [5, 5.41) is 0. The van der Waals surface area contributed by atoms with Crippen molar-refractivity contribution in [2.45, 2.75) is 13.0 Å². The van der Waals surface area contributed by atoms with Gasteiger partial charge in [-0.2, -0.15) is 0 Å². The molecule has 0 bridgehead atoms. The Balaban J connectivity index is 3.24. The molecule has 1 rings (SSSR count). The first-order valence-electron chi connectivity index (χ1n) is 4.68. The molecule has 0 spiro atoms. The Bertz CT molecular complexity index is 342. The second kappa shape index (κ2) is 5.24. The molecule has 0 heterocycles. The van der Waals surface area contributed by atoms with Crippen LogP contribution >= 0.6 is 11.6 Å². The molecule has 84 valence electrons. The van der Waals surface area contributed by atoms with E-state index in [1.165, 1.54) is 0 Å². The van der Waals surface area contributed by atoms with Crippen LogP contribution in [0.1, 0.15) is 17.2 Å². The van der Waals surface area contributed by atoms with Crippen molar-refractivity contribution < 1.29 is 9.47 Å². The van der Waals surface area contributed by atoms with Crippen LogP contribution in [0.4, 0.5) is 0 Å². The van der Waals surface area contributed by atoms with E-state index in [0.29, 0.717) is 5.88 Å². The number of ether oxygens (including phenoxy) is 2. The van der Waals surface area contributed by atoms with E-state index >= 15 is 0 Å². The third-order valence-electron chi connectivity index (χ3n) is 2.32. The van der Waals surface area contributed by atoms with Gasteiger partial charge in [-0.25, -0.2) is 0 Å². The maximum atomic E-state index is 5.91. The van der Waals surface area contributed by atoms with Gasteiger partial charge in [-0.15, -0.1) is 11.6 Å². The van der Waals surface area contributed by atoms with E-state index in [9.17, 15) is 0 Å². The van der Waals surface area contributed by atoms with E-state index in [1.807, 2.05) is 19.1 Å². The summed E-state index contributed by atoms with van der Waals surface area (Å²) >= 11 is 5.75. The standard InChI is InChI=1S/C11H16ClNO2/c1-7-4-8(14-2)5-10(15-3)11(7)9(13)6-12/h4-5,9H,6,13H2,1-3H3. The first-order chi connectivity index (χ1) is 7.13. The van der Waals surface area contributed by atoms with Gasteiger partial charge in [-0.05, 0) is 18.6 Å². The molecule has 1 atom stereocenters. The van der Waals surface area contributed by atoms with E-state index in [2.05, 4.69) is 0 Å². The number of hydrogen-bond acceptors (Lipinski definition) is 3. The second-order valence-electron chi connectivity index (χ2n) is 3.32. The van der Waals surface area contributed by atoms with Crippen LogP contribution < -0.4 is 15.2 Å². The van der Waals surface area contributed by atoms with Gasteiger partial charge in [-0.3, -0.25) is 0 Å². The van der Waals surface area contributed by atoms with E-state index in [4.69, 9.17) is 26.8 Å². The van der Waals surface area contributed by atoms with Crippen LogP contribution in [0, 0.1) is 6.92 Å². The summed E-state index contributed by atoms with van der Waals surface area (Å²) < 4.78 is 10.4. The van der Waals surface area contributed by atoms with Crippen molar-refractivity contribution in [3.63, 3.8) is 0 Å². The van der Waals surface area contributed by atoms with Crippen molar-refractivity contribution >= 4 is 11.6 Å². The first kappa shape index (κ1) is 12.1. The highest BCUT2D eigenvalue weighted by Gasteiger charge is 2.15. The molecule has 1 aromatic carbocycles. The van der Waals surface area contributed by atoms with Crippen molar-refractivity contribution in [3.05, 3.63) is 23.3 Å². The van der Waals surface area contributed by atoms with E-state index in [1.54, 1.807) is 14.2 Å². The second-order valence-corrected chi connectivity index (χ2v) is 3.63. The SMILES string of the molecule is COc1cc(C)c(C(N)CCl)c(OC)c1. The number of nitrogens with two attached hydrogens (primary N) is 1. The quantitative estimate of drug-likeness (QED) is 0.806. The zero-order valence-corrected chi connectivity index (χ0v) is 9.97. The summed E-state index contributed by atoms with van der Waals surface area (Å²) in [6.07, 6.45) is 0. The van der Waals surface area contributed by atoms with Crippen molar-refractivity contribution in [3.8, 4) is 11.5 Å². The van der Waals surface area contributed by atoms with Gasteiger partial charge in [-0.1, -0.05) is 0 Å². The Morgan fingerprint density at radius 1 is 1.33 bits per heavy atom. The molecule has 0 saturated carbocycles. The van der Waals surface area contributed by atoms with E-state index in [-0.39, 0.29) is 6.04 Å². The molecule has 1 unspecified atom stereocenters. The highest BCUT2D eigenvalue weighted by molar-refractivity contribution is 6.18. The highest BCUT2D eigenvalue weighted by Crippen LogP contribution is 2.32. The fourth-order valence-electron chi connectivity index (χ4n) is 1.57. The van der Waals surface area contributed by atoms with Crippen LogP contribution in [0.3, 0.4) is 0 Å². The fourth-order valence-corrected chi connectivity index (χ4v) is 1.73. The molecular weight excluding hydrogens is 214 g/mol. The number of methoxy groups -OCH3 is 2. The average molecular weight is 230 g/mol. The van der Waals surface area contributed by atoms with Gasteiger partial charge in [0.25, 0.3) is 0 Å². The summed E-state index contributed by atoms with van der Waals surface area (Å²) in [6, 6.07) is 3.52. The van der Waals surface area contributed by atoms with Gasteiger partial charge >= 0.3 is 0 Å². The predicted molar refractivity (Wildman–Crippen MR) is 61.9 cm³/mol. The van der Waals surface area contributed by atoms with Gasteiger partial charge in [0.1, 0.15) is 11.5 Å². The third kappa shape index (κ3) is 2.55. The average Bonchev–Trinajstić information content (AvgIpc) is 2.26. The minimum absolute atomic E-state index is 0.215. The molecule has 0 saturated heterocycles. The van der Waals surface area contributed by atoms with Crippen molar-refractivity contribution in [2.24, 2.45) is 5.73 Å². The minimum Gasteiger partial charge on any atom is -0.497 e. The Morgan fingerprint density at radius 2 is 2.00 bits per heavy atom. The lowest BCUT2D eigenvalue weighted by Crippen LogP contribution is -2.14. The smallest absolute Gasteiger partial charge is 0.127 e. The molecule has 0 aliphatic rings. The lowest BCUT2D eigenvalue weighted by atomic mass is 10.0. The topological polar surface area (TPSA) is 44.5 Å². The lowest BCUT2D eigenvalue weighted by Gasteiger charge is -2.17. The van der Waals surface area contributed by atoms with Gasteiger partial charge in [0.05, 0.1) is 14.2 Å².